The molecule has 0 radical (unpaired) electrons. The van der Waals surface area contributed by atoms with E-state index < -0.39 is 16.8 Å². The Bertz CT molecular complexity index is 505. The molecule has 0 fully saturated rings. The molecular weight excluding hydrogens is 312 g/mol. The molecule has 0 aliphatic heterocycles. The van der Waals surface area contributed by atoms with Crippen LogP contribution in [0.25, 0.3) is 0 Å². The fourth-order valence-corrected chi connectivity index (χ4v) is 2.50. The third kappa shape index (κ3) is 5.95. The molecule has 0 saturated heterocycles. The summed E-state index contributed by atoms with van der Waals surface area (Å²) in [6, 6.07) is 6.16. The SMILES string of the molecule is CC(C)(SCC(=O)NCc1ccc(Cl)cc1)[C@H](N)C(=O)O. The number of carbonyl (C=O) groups excluding carboxylic acids is 1. The fraction of sp³-hybridized carbons (Fsp3) is 0.429. The molecular formula is C14H19ClN2O3S. The predicted octanol–water partition coefficient (Wildman–Crippen LogP) is 1.88. The van der Waals surface area contributed by atoms with Gasteiger partial charge < -0.3 is 16.2 Å². The average molecular weight is 331 g/mol. The van der Waals surface area contributed by atoms with Gasteiger partial charge in [0.1, 0.15) is 6.04 Å². The highest BCUT2D eigenvalue weighted by atomic mass is 35.5. The summed E-state index contributed by atoms with van der Waals surface area (Å²) in [5.74, 6) is -1.09. The molecule has 0 saturated carbocycles. The van der Waals surface area contributed by atoms with E-state index in [0.717, 1.165) is 5.56 Å². The number of carboxylic acids is 1. The topological polar surface area (TPSA) is 92.4 Å². The number of thioether (sulfide) groups is 1. The fourth-order valence-electron chi connectivity index (χ4n) is 1.49. The Hall–Kier alpha value is -1.24. The number of nitrogens with two attached hydrogens (primary N) is 1. The highest BCUT2D eigenvalue weighted by molar-refractivity contribution is 8.01. The first kappa shape index (κ1) is 17.8. The highest BCUT2D eigenvalue weighted by Gasteiger charge is 2.33. The summed E-state index contributed by atoms with van der Waals surface area (Å²) in [5.41, 5.74) is 6.54. The molecule has 21 heavy (non-hydrogen) atoms. The first-order valence-electron chi connectivity index (χ1n) is 6.36. The van der Waals surface area contributed by atoms with Gasteiger partial charge in [0.05, 0.1) is 5.75 Å². The van der Waals surface area contributed by atoms with E-state index in [2.05, 4.69) is 5.32 Å². The van der Waals surface area contributed by atoms with Crippen LogP contribution in [0.15, 0.2) is 24.3 Å². The number of hydrogen-bond acceptors (Lipinski definition) is 4. The van der Waals surface area contributed by atoms with Gasteiger partial charge in [-0.3, -0.25) is 9.59 Å². The minimum atomic E-state index is -1.07. The maximum Gasteiger partial charge on any atom is 0.321 e. The molecule has 1 rings (SSSR count). The van der Waals surface area contributed by atoms with E-state index in [4.69, 9.17) is 22.4 Å². The maximum absolute atomic E-state index is 11.8. The summed E-state index contributed by atoms with van der Waals surface area (Å²) in [4.78, 5) is 22.7. The van der Waals surface area contributed by atoms with Gasteiger partial charge in [-0.15, -0.1) is 11.8 Å². The molecule has 4 N–H and O–H groups in total. The van der Waals surface area contributed by atoms with Crippen LogP contribution >= 0.6 is 23.4 Å². The summed E-state index contributed by atoms with van der Waals surface area (Å²) in [6.07, 6.45) is 0. The van der Waals surface area contributed by atoms with Gasteiger partial charge >= 0.3 is 5.97 Å². The zero-order chi connectivity index (χ0) is 16.0. The van der Waals surface area contributed by atoms with Crippen molar-refractivity contribution < 1.29 is 14.7 Å². The van der Waals surface area contributed by atoms with Crippen molar-refractivity contribution in [2.45, 2.75) is 31.2 Å². The molecule has 0 aromatic heterocycles. The van der Waals surface area contributed by atoms with Crippen LogP contribution in [-0.4, -0.2) is 33.5 Å². The van der Waals surface area contributed by atoms with Crippen molar-refractivity contribution in [2.24, 2.45) is 5.73 Å². The summed E-state index contributed by atoms with van der Waals surface area (Å²) in [6.45, 7) is 3.83. The third-order valence-electron chi connectivity index (χ3n) is 2.99. The smallest absolute Gasteiger partial charge is 0.321 e. The van der Waals surface area contributed by atoms with E-state index in [1.54, 1.807) is 26.0 Å². The van der Waals surface area contributed by atoms with Crippen molar-refractivity contribution in [2.75, 3.05) is 5.75 Å². The number of carboxylic acid groups (broad SMARTS) is 1. The summed E-state index contributed by atoms with van der Waals surface area (Å²) >= 11 is 7.00. The van der Waals surface area contributed by atoms with Crippen molar-refractivity contribution >= 4 is 35.2 Å². The van der Waals surface area contributed by atoms with Gasteiger partial charge in [-0.05, 0) is 31.5 Å². The maximum atomic E-state index is 11.8. The highest BCUT2D eigenvalue weighted by Crippen LogP contribution is 2.27. The van der Waals surface area contributed by atoms with Gasteiger partial charge in [0.2, 0.25) is 5.91 Å². The van der Waals surface area contributed by atoms with E-state index >= 15 is 0 Å². The zero-order valence-corrected chi connectivity index (χ0v) is 13.5. The normalized spacial score (nSPS) is 12.8. The van der Waals surface area contributed by atoms with Crippen molar-refractivity contribution in [1.82, 2.24) is 5.32 Å². The van der Waals surface area contributed by atoms with Crippen LogP contribution in [0.4, 0.5) is 0 Å². The molecule has 0 spiro atoms. The second-order valence-corrected chi connectivity index (χ2v) is 7.18. The number of nitrogens with one attached hydrogen (secondary N) is 1. The predicted molar refractivity (Wildman–Crippen MR) is 85.4 cm³/mol. The Labute approximate surface area is 133 Å². The van der Waals surface area contributed by atoms with Crippen LogP contribution in [0.1, 0.15) is 19.4 Å². The van der Waals surface area contributed by atoms with Crippen molar-refractivity contribution in [3.05, 3.63) is 34.9 Å². The number of amides is 1. The van der Waals surface area contributed by atoms with Crippen LogP contribution < -0.4 is 11.1 Å². The average Bonchev–Trinajstić information content (AvgIpc) is 2.43. The molecule has 0 aliphatic carbocycles. The number of aliphatic carboxylic acids is 1. The molecule has 0 unspecified atom stereocenters. The monoisotopic (exact) mass is 330 g/mol. The number of benzene rings is 1. The lowest BCUT2D eigenvalue weighted by Crippen LogP contribution is -2.47. The summed E-state index contributed by atoms with van der Waals surface area (Å²) in [7, 11) is 0. The minimum Gasteiger partial charge on any atom is -0.480 e. The minimum absolute atomic E-state index is 0.154. The van der Waals surface area contributed by atoms with Gasteiger partial charge in [-0.25, -0.2) is 0 Å². The number of carbonyl (C=O) groups is 2. The number of rotatable bonds is 7. The second-order valence-electron chi connectivity index (χ2n) is 5.11. The standard InChI is InChI=1S/C14H19ClN2O3S/c1-14(2,12(16)13(19)20)21-8-11(18)17-7-9-3-5-10(15)6-4-9/h3-6,12H,7-8,16H2,1-2H3,(H,17,18)(H,19,20)/t12-/m1/s1. The Kier molecular flexibility index (Phi) is 6.51. The lowest BCUT2D eigenvalue weighted by Gasteiger charge is -2.27. The van der Waals surface area contributed by atoms with E-state index in [1.807, 2.05) is 12.1 Å². The Morgan fingerprint density at radius 2 is 1.95 bits per heavy atom. The van der Waals surface area contributed by atoms with Crippen LogP contribution in [0.2, 0.25) is 5.02 Å². The van der Waals surface area contributed by atoms with E-state index in [1.165, 1.54) is 11.8 Å². The van der Waals surface area contributed by atoms with Crippen LogP contribution in [-0.2, 0) is 16.1 Å². The second kappa shape index (κ2) is 7.68. The summed E-state index contributed by atoms with van der Waals surface area (Å²) < 4.78 is -0.719. The van der Waals surface area contributed by atoms with Crippen LogP contribution in [0, 0.1) is 0 Å². The molecule has 1 amide bonds. The van der Waals surface area contributed by atoms with Gasteiger partial charge in [-0.2, -0.15) is 0 Å². The quantitative estimate of drug-likeness (QED) is 0.710. The molecule has 116 valence electrons. The molecule has 7 heteroatoms. The van der Waals surface area contributed by atoms with Crippen LogP contribution in [0.3, 0.4) is 0 Å². The molecule has 5 nitrogen and oxygen atoms in total. The van der Waals surface area contributed by atoms with Gasteiger partial charge in [0.15, 0.2) is 0 Å². The number of halogens is 1. The molecule has 1 aromatic carbocycles. The lowest BCUT2D eigenvalue weighted by atomic mass is 10.1. The van der Waals surface area contributed by atoms with Gasteiger partial charge in [0, 0.05) is 16.3 Å². The van der Waals surface area contributed by atoms with E-state index in [9.17, 15) is 9.59 Å². The third-order valence-corrected chi connectivity index (χ3v) is 4.65. The van der Waals surface area contributed by atoms with Crippen LogP contribution in [0.5, 0.6) is 0 Å². The Balaban J connectivity index is 2.40. The van der Waals surface area contributed by atoms with E-state index in [0.29, 0.717) is 11.6 Å². The lowest BCUT2D eigenvalue weighted by molar-refractivity contribution is -0.139. The molecule has 0 bridgehead atoms. The largest absolute Gasteiger partial charge is 0.480 e. The van der Waals surface area contributed by atoms with Crippen molar-refractivity contribution in [3.8, 4) is 0 Å². The zero-order valence-electron chi connectivity index (χ0n) is 11.9. The number of hydrogen-bond donors (Lipinski definition) is 3. The molecule has 1 aromatic rings. The van der Waals surface area contributed by atoms with E-state index in [-0.39, 0.29) is 11.7 Å². The first-order chi connectivity index (χ1) is 9.72. The van der Waals surface area contributed by atoms with Crippen molar-refractivity contribution in [1.29, 1.82) is 0 Å². The molecule has 0 heterocycles. The first-order valence-corrected chi connectivity index (χ1v) is 7.72. The van der Waals surface area contributed by atoms with Gasteiger partial charge in [-0.1, -0.05) is 23.7 Å². The summed E-state index contributed by atoms with van der Waals surface area (Å²) in [5, 5.41) is 12.3. The molecule has 1 atom stereocenters. The molecule has 0 aliphatic rings. The van der Waals surface area contributed by atoms with Gasteiger partial charge in [0.25, 0.3) is 0 Å². The Morgan fingerprint density at radius 3 is 2.48 bits per heavy atom. The Morgan fingerprint density at radius 1 is 1.38 bits per heavy atom. The van der Waals surface area contributed by atoms with Crippen molar-refractivity contribution in [3.63, 3.8) is 0 Å².